The fourth-order valence-corrected chi connectivity index (χ4v) is 2.08. The lowest BCUT2D eigenvalue weighted by molar-refractivity contribution is -0.121. The summed E-state index contributed by atoms with van der Waals surface area (Å²) in [6.45, 7) is 0.258. The van der Waals surface area contributed by atoms with Crippen molar-refractivity contribution in [2.75, 3.05) is 6.54 Å². The SMILES string of the molecule is NC(CNC(=O)Cn1cc(Br)c(=O)[nH]c1=O)C1CC1. The number of hydrogen-bond donors (Lipinski definition) is 3. The molecule has 2 rings (SSSR count). The third-order valence-electron chi connectivity index (χ3n) is 3.04. The van der Waals surface area contributed by atoms with Gasteiger partial charge in [-0.1, -0.05) is 0 Å². The van der Waals surface area contributed by atoms with Gasteiger partial charge in [0.1, 0.15) is 6.54 Å². The van der Waals surface area contributed by atoms with Crippen molar-refractivity contribution in [2.45, 2.75) is 25.4 Å². The normalized spacial score (nSPS) is 16.1. The Morgan fingerprint density at radius 3 is 2.89 bits per heavy atom. The molecule has 1 saturated carbocycles. The number of amides is 1. The highest BCUT2D eigenvalue weighted by molar-refractivity contribution is 9.10. The maximum absolute atomic E-state index is 11.7. The number of aromatic amines is 1. The minimum atomic E-state index is -0.616. The van der Waals surface area contributed by atoms with Crippen LogP contribution in [0.3, 0.4) is 0 Å². The van der Waals surface area contributed by atoms with Crippen LogP contribution in [0.4, 0.5) is 0 Å². The summed E-state index contributed by atoms with van der Waals surface area (Å²) in [6, 6.07) is -0.0250. The maximum Gasteiger partial charge on any atom is 0.328 e. The minimum Gasteiger partial charge on any atom is -0.353 e. The number of aromatic nitrogens is 2. The molecule has 1 heterocycles. The topological polar surface area (TPSA) is 110 Å². The summed E-state index contributed by atoms with van der Waals surface area (Å²) in [5, 5.41) is 2.68. The Balaban J connectivity index is 1.93. The van der Waals surface area contributed by atoms with E-state index in [0.29, 0.717) is 12.5 Å². The van der Waals surface area contributed by atoms with Crippen LogP contribution in [0, 0.1) is 5.92 Å². The Kier molecular flexibility index (Phi) is 4.20. The summed E-state index contributed by atoms with van der Waals surface area (Å²) in [7, 11) is 0. The molecule has 19 heavy (non-hydrogen) atoms. The van der Waals surface area contributed by atoms with Crippen LogP contribution in [0.2, 0.25) is 0 Å². The zero-order chi connectivity index (χ0) is 14.0. The van der Waals surface area contributed by atoms with Gasteiger partial charge in [-0.25, -0.2) is 4.79 Å². The fourth-order valence-electron chi connectivity index (χ4n) is 1.73. The Bertz CT molecular complexity index is 590. The van der Waals surface area contributed by atoms with E-state index in [1.807, 2.05) is 0 Å². The van der Waals surface area contributed by atoms with E-state index in [9.17, 15) is 14.4 Å². The van der Waals surface area contributed by atoms with Gasteiger partial charge in [0, 0.05) is 18.8 Å². The second kappa shape index (κ2) is 5.70. The molecule has 0 saturated heterocycles. The number of carbonyl (C=O) groups excluding carboxylic acids is 1. The largest absolute Gasteiger partial charge is 0.353 e. The smallest absolute Gasteiger partial charge is 0.328 e. The van der Waals surface area contributed by atoms with Crippen LogP contribution in [0.1, 0.15) is 12.8 Å². The Labute approximate surface area is 117 Å². The summed E-state index contributed by atoms with van der Waals surface area (Å²) >= 11 is 3.00. The van der Waals surface area contributed by atoms with Crippen molar-refractivity contribution in [3.8, 4) is 0 Å². The van der Waals surface area contributed by atoms with Crippen molar-refractivity contribution < 1.29 is 4.79 Å². The third-order valence-corrected chi connectivity index (χ3v) is 3.61. The molecule has 1 aromatic rings. The number of nitrogens with zero attached hydrogens (tertiary/aromatic N) is 1. The van der Waals surface area contributed by atoms with Crippen LogP contribution in [-0.4, -0.2) is 28.0 Å². The average molecular weight is 331 g/mol. The number of hydrogen-bond acceptors (Lipinski definition) is 4. The van der Waals surface area contributed by atoms with E-state index in [0.717, 1.165) is 17.4 Å². The van der Waals surface area contributed by atoms with E-state index >= 15 is 0 Å². The number of nitrogens with two attached hydrogens (primary N) is 1. The fraction of sp³-hybridized carbons (Fsp3) is 0.545. The summed E-state index contributed by atoms with van der Waals surface area (Å²) in [6.07, 6.45) is 3.52. The van der Waals surface area contributed by atoms with Crippen LogP contribution >= 0.6 is 15.9 Å². The molecular weight excluding hydrogens is 316 g/mol. The lowest BCUT2D eigenvalue weighted by Gasteiger charge is -2.12. The van der Waals surface area contributed by atoms with Crippen LogP contribution in [0.25, 0.3) is 0 Å². The Hall–Kier alpha value is -1.41. The number of H-pyrrole nitrogens is 1. The molecule has 1 unspecified atom stereocenters. The molecule has 1 aromatic heterocycles. The zero-order valence-corrected chi connectivity index (χ0v) is 11.8. The molecule has 1 amide bonds. The number of rotatable bonds is 5. The van der Waals surface area contributed by atoms with Crippen molar-refractivity contribution in [1.82, 2.24) is 14.9 Å². The molecule has 0 aromatic carbocycles. The van der Waals surface area contributed by atoms with Gasteiger partial charge in [0.25, 0.3) is 5.56 Å². The van der Waals surface area contributed by atoms with Gasteiger partial charge in [0.15, 0.2) is 0 Å². The first-order valence-corrected chi connectivity index (χ1v) is 6.78. The van der Waals surface area contributed by atoms with Gasteiger partial charge in [-0.3, -0.25) is 19.1 Å². The maximum atomic E-state index is 11.7. The van der Waals surface area contributed by atoms with E-state index in [-0.39, 0.29) is 23.0 Å². The van der Waals surface area contributed by atoms with Gasteiger partial charge < -0.3 is 11.1 Å². The Morgan fingerprint density at radius 2 is 2.26 bits per heavy atom. The molecule has 7 nitrogen and oxygen atoms in total. The van der Waals surface area contributed by atoms with Gasteiger partial charge in [-0.05, 0) is 34.7 Å². The zero-order valence-electron chi connectivity index (χ0n) is 10.2. The summed E-state index contributed by atoms with van der Waals surface area (Å²) in [5.74, 6) is 0.197. The van der Waals surface area contributed by atoms with Crippen molar-refractivity contribution >= 4 is 21.8 Å². The quantitative estimate of drug-likeness (QED) is 0.653. The summed E-state index contributed by atoms with van der Waals surface area (Å²) in [4.78, 5) is 36.4. The summed E-state index contributed by atoms with van der Waals surface area (Å²) in [5.41, 5.74) is 4.72. The first kappa shape index (κ1) is 14.0. The second-order valence-electron chi connectivity index (χ2n) is 4.67. The number of carbonyl (C=O) groups is 1. The lowest BCUT2D eigenvalue weighted by Crippen LogP contribution is -2.41. The number of halogens is 1. The predicted octanol–water partition coefficient (Wildman–Crippen LogP) is -0.847. The molecular formula is C11H15BrN4O3. The monoisotopic (exact) mass is 330 g/mol. The standard InChI is InChI=1S/C11H15BrN4O3/c12-7-4-16(11(19)15-10(7)18)5-9(17)14-3-8(13)6-1-2-6/h4,6,8H,1-3,5,13H2,(H,14,17)(H,15,18,19). The predicted molar refractivity (Wildman–Crippen MR) is 72.7 cm³/mol. The van der Waals surface area contributed by atoms with Crippen LogP contribution in [-0.2, 0) is 11.3 Å². The van der Waals surface area contributed by atoms with E-state index < -0.39 is 11.2 Å². The lowest BCUT2D eigenvalue weighted by atomic mass is 10.2. The first-order valence-electron chi connectivity index (χ1n) is 5.99. The molecule has 0 radical (unpaired) electrons. The van der Waals surface area contributed by atoms with Gasteiger partial charge in [0.2, 0.25) is 5.91 Å². The van der Waals surface area contributed by atoms with Gasteiger partial charge in [-0.2, -0.15) is 0 Å². The van der Waals surface area contributed by atoms with Crippen molar-refractivity contribution in [2.24, 2.45) is 11.7 Å². The highest BCUT2D eigenvalue weighted by Crippen LogP contribution is 2.31. The third kappa shape index (κ3) is 3.77. The van der Waals surface area contributed by atoms with E-state index in [4.69, 9.17) is 5.73 Å². The molecule has 0 spiro atoms. The minimum absolute atomic E-state index is 0.0250. The van der Waals surface area contributed by atoms with Crippen LogP contribution in [0.5, 0.6) is 0 Å². The van der Waals surface area contributed by atoms with Crippen molar-refractivity contribution in [1.29, 1.82) is 0 Å². The van der Waals surface area contributed by atoms with Crippen LogP contribution < -0.4 is 22.3 Å². The van der Waals surface area contributed by atoms with E-state index in [1.54, 1.807) is 0 Å². The van der Waals surface area contributed by atoms with Gasteiger partial charge in [-0.15, -0.1) is 0 Å². The highest BCUT2D eigenvalue weighted by atomic mass is 79.9. The molecule has 1 aliphatic rings. The van der Waals surface area contributed by atoms with Gasteiger partial charge >= 0.3 is 5.69 Å². The molecule has 104 valence electrons. The number of nitrogens with one attached hydrogen (secondary N) is 2. The molecule has 8 heteroatoms. The molecule has 1 fully saturated rings. The molecule has 4 N–H and O–H groups in total. The van der Waals surface area contributed by atoms with Crippen LogP contribution in [0.15, 0.2) is 20.3 Å². The van der Waals surface area contributed by atoms with E-state index in [2.05, 4.69) is 26.2 Å². The second-order valence-corrected chi connectivity index (χ2v) is 5.52. The molecule has 1 aliphatic carbocycles. The molecule has 1 atom stereocenters. The molecule has 0 bridgehead atoms. The summed E-state index contributed by atoms with van der Waals surface area (Å²) < 4.78 is 1.33. The van der Waals surface area contributed by atoms with E-state index in [1.165, 1.54) is 6.20 Å². The molecule has 0 aliphatic heterocycles. The highest BCUT2D eigenvalue weighted by Gasteiger charge is 2.28. The van der Waals surface area contributed by atoms with Gasteiger partial charge in [0.05, 0.1) is 4.47 Å². The Morgan fingerprint density at radius 1 is 1.58 bits per heavy atom. The first-order chi connectivity index (χ1) is 8.97. The average Bonchev–Trinajstić information content (AvgIpc) is 3.17. The van der Waals surface area contributed by atoms with Crippen molar-refractivity contribution in [3.63, 3.8) is 0 Å². The van der Waals surface area contributed by atoms with Crippen molar-refractivity contribution in [3.05, 3.63) is 31.5 Å².